The van der Waals surface area contributed by atoms with E-state index in [9.17, 15) is 13.2 Å². The van der Waals surface area contributed by atoms with Crippen molar-refractivity contribution in [2.45, 2.75) is 65.7 Å². The maximum absolute atomic E-state index is 14.3. The van der Waals surface area contributed by atoms with Gasteiger partial charge in [0, 0.05) is 47.3 Å². The van der Waals surface area contributed by atoms with Crippen molar-refractivity contribution in [3.63, 3.8) is 0 Å². The zero-order chi connectivity index (χ0) is 31.6. The van der Waals surface area contributed by atoms with Crippen LogP contribution in [0.4, 0.5) is 5.95 Å². The Labute approximate surface area is 259 Å². The highest BCUT2D eigenvalue weighted by Crippen LogP contribution is 2.35. The summed E-state index contributed by atoms with van der Waals surface area (Å²) in [5.74, 6) is -0.336. The molecule has 0 spiro atoms. The average Bonchev–Trinajstić information content (AvgIpc) is 2.97. The van der Waals surface area contributed by atoms with E-state index < -0.39 is 15.9 Å². The first-order valence-electron chi connectivity index (χ1n) is 14.9. The van der Waals surface area contributed by atoms with Crippen LogP contribution in [0.5, 0.6) is 5.88 Å². The number of aromatic nitrogens is 4. The van der Waals surface area contributed by atoms with E-state index in [0.717, 1.165) is 28.8 Å². The van der Waals surface area contributed by atoms with Gasteiger partial charge in [-0.2, -0.15) is 4.98 Å². The zero-order valence-electron chi connectivity index (χ0n) is 26.1. The van der Waals surface area contributed by atoms with Gasteiger partial charge in [0.2, 0.25) is 11.8 Å². The van der Waals surface area contributed by atoms with Gasteiger partial charge >= 0.3 is 0 Å². The van der Waals surface area contributed by atoms with Gasteiger partial charge in [-0.05, 0) is 61.4 Å². The lowest BCUT2D eigenvalue weighted by Crippen LogP contribution is -2.34. The van der Waals surface area contributed by atoms with Gasteiger partial charge in [0.05, 0.1) is 17.2 Å². The van der Waals surface area contributed by atoms with Crippen molar-refractivity contribution >= 4 is 21.8 Å². The number of hydrogen-bond donors (Lipinski definition) is 1. The highest BCUT2D eigenvalue weighted by atomic mass is 32.2. The molecule has 0 fully saturated rings. The maximum atomic E-state index is 14.3. The van der Waals surface area contributed by atoms with Gasteiger partial charge in [0.1, 0.15) is 5.82 Å². The van der Waals surface area contributed by atoms with Crippen LogP contribution in [0.15, 0.2) is 65.7 Å². The molecule has 9 nitrogen and oxygen atoms in total. The zero-order valence-corrected chi connectivity index (χ0v) is 26.9. The molecule has 2 aromatic heterocycles. The van der Waals surface area contributed by atoms with Crippen LogP contribution in [-0.4, -0.2) is 40.7 Å². The van der Waals surface area contributed by atoms with Crippen LogP contribution in [-0.2, 0) is 22.9 Å². The van der Waals surface area contributed by atoms with Gasteiger partial charge in [0.15, 0.2) is 5.78 Å². The van der Waals surface area contributed by atoms with Gasteiger partial charge in [0.25, 0.3) is 10.0 Å². The second kappa shape index (κ2) is 12.4. The molecule has 10 heteroatoms. The number of hydrogen-bond acceptors (Lipinski definition) is 8. The summed E-state index contributed by atoms with van der Waals surface area (Å²) in [6.07, 6.45) is 3.41. The Balaban J connectivity index is 1.68. The van der Waals surface area contributed by atoms with Crippen LogP contribution in [0.3, 0.4) is 0 Å². The lowest BCUT2D eigenvalue weighted by molar-refractivity contribution is 0.0767. The van der Waals surface area contributed by atoms with E-state index in [1.165, 1.54) is 12.1 Å². The molecule has 0 radical (unpaired) electrons. The average molecular weight is 614 g/mol. The third-order valence-electron chi connectivity index (χ3n) is 7.85. The van der Waals surface area contributed by atoms with E-state index in [1.54, 1.807) is 24.4 Å². The lowest BCUT2D eigenvalue weighted by Gasteiger charge is -2.31. The van der Waals surface area contributed by atoms with Crippen LogP contribution in [0, 0.1) is 31.1 Å². The lowest BCUT2D eigenvalue weighted by atomic mass is 9.75. The van der Waals surface area contributed by atoms with Crippen LogP contribution < -0.4 is 9.46 Å². The summed E-state index contributed by atoms with van der Waals surface area (Å²) in [6, 6.07) is 15.6. The fourth-order valence-electron chi connectivity index (χ4n) is 5.80. The van der Waals surface area contributed by atoms with E-state index in [0.29, 0.717) is 23.5 Å². The molecule has 4 aromatic rings. The highest BCUT2D eigenvalue weighted by molar-refractivity contribution is 7.92. The van der Waals surface area contributed by atoms with Crippen LogP contribution in [0.2, 0.25) is 0 Å². The number of anilines is 1. The van der Waals surface area contributed by atoms with Gasteiger partial charge in [-0.25, -0.2) is 28.1 Å². The third kappa shape index (κ3) is 7.13. The molecule has 5 rings (SSSR count). The molecule has 1 unspecified atom stereocenters. The molecule has 2 aromatic carbocycles. The van der Waals surface area contributed by atoms with Crippen LogP contribution >= 0.6 is 0 Å². The Morgan fingerprint density at radius 1 is 0.977 bits per heavy atom. The second-order valence-electron chi connectivity index (χ2n) is 12.6. The van der Waals surface area contributed by atoms with Crippen molar-refractivity contribution in [1.82, 2.24) is 19.9 Å². The smallest absolute Gasteiger partial charge is 0.264 e. The van der Waals surface area contributed by atoms with Crippen molar-refractivity contribution < 1.29 is 17.9 Å². The molecule has 3 heterocycles. The second-order valence-corrected chi connectivity index (χ2v) is 14.3. The molecule has 0 saturated heterocycles. The summed E-state index contributed by atoms with van der Waals surface area (Å²) in [5, 5.41) is 0. The number of sulfonamides is 1. The number of aryl methyl sites for hydroxylation is 3. The molecule has 0 amide bonds. The number of fused-ring (bicyclic) bond motifs is 4. The highest BCUT2D eigenvalue weighted by Gasteiger charge is 2.35. The van der Waals surface area contributed by atoms with Gasteiger partial charge in [-0.3, -0.25) is 4.79 Å². The molecule has 1 aliphatic heterocycles. The molecule has 1 N–H and O–H groups in total. The van der Waals surface area contributed by atoms with Gasteiger partial charge in [-0.15, -0.1) is 0 Å². The van der Waals surface area contributed by atoms with Crippen molar-refractivity contribution in [3.05, 3.63) is 89.0 Å². The standard InChI is InChI=1S/C34H39N5O4S/c1-7-25-14-15-35-29(36-25)17-27-24(19-34(4,5)6)20-43-30-18-28(31-21(2)10-8-11-22(31)3)37-33(38-30)39-44(41,42)26-13-9-12-23(16-26)32(27)40/h8-16,18,24,27H,7,17,19-20H2,1-6H3,(H,37,38,39)/t24-,27?/m1/s1. The van der Waals surface area contributed by atoms with Crippen LogP contribution in [0.1, 0.15) is 67.1 Å². The third-order valence-corrected chi connectivity index (χ3v) is 9.17. The number of nitrogens with zero attached hydrogens (tertiary/aromatic N) is 4. The molecule has 0 aliphatic carbocycles. The molecular formula is C34H39N5O4S. The van der Waals surface area contributed by atoms with E-state index >= 15 is 0 Å². The predicted octanol–water partition coefficient (Wildman–Crippen LogP) is 6.40. The summed E-state index contributed by atoms with van der Waals surface area (Å²) in [6.45, 7) is 12.5. The van der Waals surface area contributed by atoms with Crippen molar-refractivity contribution in [2.75, 3.05) is 11.3 Å². The minimum absolute atomic E-state index is 0.0542. The number of ketones is 1. The van der Waals surface area contributed by atoms with Gasteiger partial charge < -0.3 is 4.74 Å². The molecular weight excluding hydrogens is 574 g/mol. The normalized spacial score (nSPS) is 18.3. The maximum Gasteiger partial charge on any atom is 0.264 e. The summed E-state index contributed by atoms with van der Waals surface area (Å²) >= 11 is 0. The molecule has 2 atom stereocenters. The minimum Gasteiger partial charge on any atom is -0.477 e. The fourth-order valence-corrected chi connectivity index (χ4v) is 6.79. The first-order chi connectivity index (χ1) is 20.8. The number of nitrogens with one attached hydrogen (secondary N) is 1. The molecule has 4 bridgehead atoms. The number of carbonyl (C=O) groups is 1. The number of rotatable bonds is 5. The number of ether oxygens (including phenoxy) is 1. The minimum atomic E-state index is -4.14. The number of carbonyl (C=O) groups excluding carboxylic acids is 1. The van der Waals surface area contributed by atoms with Crippen molar-refractivity contribution in [3.8, 4) is 17.1 Å². The Bertz CT molecular complexity index is 1780. The fraction of sp³-hybridized carbons (Fsp3) is 0.382. The number of Topliss-reactive ketones (excluding diaryl/α,β-unsaturated/α-hetero) is 1. The Hall–Kier alpha value is -4.18. The van der Waals surface area contributed by atoms with Crippen molar-refractivity contribution in [1.29, 1.82) is 0 Å². The monoisotopic (exact) mass is 613 g/mol. The summed E-state index contributed by atoms with van der Waals surface area (Å²) in [5.41, 5.74) is 4.43. The summed E-state index contributed by atoms with van der Waals surface area (Å²) in [4.78, 5) is 32.5. The molecule has 0 saturated carbocycles. The predicted molar refractivity (Wildman–Crippen MR) is 170 cm³/mol. The largest absolute Gasteiger partial charge is 0.477 e. The Kier molecular flexibility index (Phi) is 8.83. The topological polar surface area (TPSA) is 124 Å². The first-order valence-corrected chi connectivity index (χ1v) is 16.4. The SMILES string of the molecule is CCc1ccnc(CC2C(=O)c3cccc(c3)S(=O)(=O)Nc3nc(cc(-c4c(C)cccc4C)n3)OC[C@H]2CC(C)(C)C)n1. The Morgan fingerprint density at radius 2 is 1.70 bits per heavy atom. The first kappa shape index (κ1) is 31.3. The van der Waals surface area contributed by atoms with E-state index in [-0.39, 0.29) is 46.9 Å². The molecule has 44 heavy (non-hydrogen) atoms. The van der Waals surface area contributed by atoms with E-state index in [2.05, 4.69) is 40.4 Å². The van der Waals surface area contributed by atoms with E-state index in [4.69, 9.17) is 9.72 Å². The quantitative estimate of drug-likeness (QED) is 0.274. The summed E-state index contributed by atoms with van der Waals surface area (Å²) in [7, 11) is -4.14. The summed E-state index contributed by atoms with van der Waals surface area (Å²) < 4.78 is 36.1. The molecule has 230 valence electrons. The van der Waals surface area contributed by atoms with Gasteiger partial charge in [-0.1, -0.05) is 58.0 Å². The Morgan fingerprint density at radius 3 is 2.41 bits per heavy atom. The number of benzene rings is 2. The van der Waals surface area contributed by atoms with Crippen molar-refractivity contribution in [2.24, 2.45) is 17.3 Å². The molecule has 1 aliphatic rings. The van der Waals surface area contributed by atoms with E-state index in [1.807, 2.05) is 45.0 Å². The van der Waals surface area contributed by atoms with Crippen LogP contribution in [0.25, 0.3) is 11.3 Å².